The highest BCUT2D eigenvalue weighted by Gasteiger charge is 2.10. The van der Waals surface area contributed by atoms with Crippen molar-refractivity contribution in [2.24, 2.45) is 0 Å². The Morgan fingerprint density at radius 3 is 3.00 bits per heavy atom. The number of benzene rings is 1. The minimum atomic E-state index is 0.630. The molecule has 3 aromatic heterocycles. The summed E-state index contributed by atoms with van der Waals surface area (Å²) in [5.74, 6) is 0.630. The molecule has 4 aromatic rings. The van der Waals surface area contributed by atoms with Crippen LogP contribution >= 0.6 is 0 Å². The number of nitrogens with zero attached hydrogens (tertiary/aromatic N) is 7. The number of hydrogen-bond acceptors (Lipinski definition) is 5. The number of tetrazole rings is 1. The minimum absolute atomic E-state index is 0.630. The van der Waals surface area contributed by atoms with Crippen LogP contribution in [0.3, 0.4) is 0 Å². The van der Waals surface area contributed by atoms with E-state index in [4.69, 9.17) is 0 Å². The first kappa shape index (κ1) is 14.5. The zero-order chi connectivity index (χ0) is 16.4. The van der Waals surface area contributed by atoms with Crippen molar-refractivity contribution in [2.45, 2.75) is 26.3 Å². The van der Waals surface area contributed by atoms with E-state index >= 15 is 0 Å². The summed E-state index contributed by atoms with van der Waals surface area (Å²) in [6.07, 6.45) is 5.53. The molecule has 0 spiro atoms. The molecule has 0 N–H and O–H groups in total. The van der Waals surface area contributed by atoms with Crippen molar-refractivity contribution in [3.8, 4) is 22.6 Å². The molecular weight excluding hydrogens is 302 g/mol. The van der Waals surface area contributed by atoms with E-state index in [0.717, 1.165) is 36.2 Å². The van der Waals surface area contributed by atoms with Gasteiger partial charge in [-0.2, -0.15) is 9.90 Å². The molecule has 119 valence electrons. The van der Waals surface area contributed by atoms with Gasteiger partial charge in [0.05, 0.1) is 24.5 Å². The Kier molecular flexibility index (Phi) is 3.74. The lowest BCUT2D eigenvalue weighted by Gasteiger charge is -2.05. The standard InChI is InChI=1S/C17H16N7/c1-2-3-11-23-21-17(20-22-23)14-6-4-5-13(12-14)15-7-9-18-16-8-10-19-24(15)16/h4-7,9-10,12H,2-3,11H2,1H3. The van der Waals surface area contributed by atoms with Gasteiger partial charge in [-0.1, -0.05) is 31.5 Å². The van der Waals surface area contributed by atoms with Crippen LogP contribution in [0.15, 0.2) is 42.7 Å². The van der Waals surface area contributed by atoms with E-state index in [1.807, 2.05) is 30.3 Å². The zero-order valence-corrected chi connectivity index (χ0v) is 13.3. The van der Waals surface area contributed by atoms with Crippen LogP contribution < -0.4 is 0 Å². The van der Waals surface area contributed by atoms with E-state index < -0.39 is 0 Å². The average molecular weight is 318 g/mol. The van der Waals surface area contributed by atoms with Gasteiger partial charge in [-0.15, -0.1) is 10.2 Å². The first-order valence-corrected chi connectivity index (χ1v) is 7.94. The van der Waals surface area contributed by atoms with E-state index in [0.29, 0.717) is 11.5 Å². The quantitative estimate of drug-likeness (QED) is 0.565. The summed E-state index contributed by atoms with van der Waals surface area (Å²) in [6, 6.07) is 13.0. The molecule has 24 heavy (non-hydrogen) atoms. The maximum absolute atomic E-state index is 4.46. The number of aromatic nitrogens is 7. The third kappa shape index (κ3) is 2.64. The summed E-state index contributed by atoms with van der Waals surface area (Å²) >= 11 is 0. The first-order chi connectivity index (χ1) is 11.8. The fraction of sp³-hybridized carbons (Fsp3) is 0.235. The third-order valence-corrected chi connectivity index (χ3v) is 3.81. The van der Waals surface area contributed by atoms with E-state index in [-0.39, 0.29) is 0 Å². The summed E-state index contributed by atoms with van der Waals surface area (Å²) in [5.41, 5.74) is 3.58. The molecule has 0 fully saturated rings. The molecule has 0 bridgehead atoms. The second-order valence-corrected chi connectivity index (χ2v) is 5.50. The van der Waals surface area contributed by atoms with Gasteiger partial charge in [0.1, 0.15) is 0 Å². The van der Waals surface area contributed by atoms with Crippen molar-refractivity contribution >= 4 is 5.65 Å². The van der Waals surface area contributed by atoms with Gasteiger partial charge in [0, 0.05) is 17.3 Å². The molecule has 3 heterocycles. The fourth-order valence-corrected chi connectivity index (χ4v) is 2.57. The van der Waals surface area contributed by atoms with Crippen molar-refractivity contribution in [1.29, 1.82) is 0 Å². The van der Waals surface area contributed by atoms with Gasteiger partial charge >= 0.3 is 0 Å². The Morgan fingerprint density at radius 2 is 2.08 bits per heavy atom. The Hall–Kier alpha value is -3.09. The van der Waals surface area contributed by atoms with Gasteiger partial charge in [0.15, 0.2) is 5.65 Å². The molecular formula is C17H16N7. The number of aryl methyl sites for hydroxylation is 1. The summed E-state index contributed by atoms with van der Waals surface area (Å²) in [7, 11) is 0. The number of unbranched alkanes of at least 4 members (excludes halogenated alkanes) is 1. The normalized spacial score (nSPS) is 11.2. The molecule has 7 heteroatoms. The predicted octanol–water partition coefficient (Wildman–Crippen LogP) is 2.65. The Bertz CT molecular complexity index is 970. The molecule has 0 atom stereocenters. The monoisotopic (exact) mass is 318 g/mol. The Morgan fingerprint density at radius 1 is 1.17 bits per heavy atom. The lowest BCUT2D eigenvalue weighted by Crippen LogP contribution is -2.02. The van der Waals surface area contributed by atoms with Crippen molar-refractivity contribution in [2.75, 3.05) is 0 Å². The van der Waals surface area contributed by atoms with Crippen LogP contribution in [0.25, 0.3) is 28.3 Å². The molecule has 0 saturated heterocycles. The van der Waals surface area contributed by atoms with Gasteiger partial charge in [-0.3, -0.25) is 0 Å². The molecule has 0 unspecified atom stereocenters. The number of hydrogen-bond donors (Lipinski definition) is 0. The Balaban J connectivity index is 1.71. The van der Waals surface area contributed by atoms with Gasteiger partial charge in [0.25, 0.3) is 0 Å². The van der Waals surface area contributed by atoms with Gasteiger partial charge in [-0.25, -0.2) is 9.50 Å². The maximum Gasteiger partial charge on any atom is 0.204 e. The maximum atomic E-state index is 4.46. The lowest BCUT2D eigenvalue weighted by molar-refractivity contribution is 0.496. The van der Waals surface area contributed by atoms with Gasteiger partial charge < -0.3 is 0 Å². The SMILES string of the molecule is CCCCn1nnc(-c2cccc(-c3ccnc4[c]cnn34)c2)n1. The highest BCUT2D eigenvalue weighted by molar-refractivity contribution is 5.68. The van der Waals surface area contributed by atoms with Crippen molar-refractivity contribution in [3.05, 3.63) is 48.8 Å². The first-order valence-electron chi connectivity index (χ1n) is 7.94. The van der Waals surface area contributed by atoms with Gasteiger partial charge in [0.2, 0.25) is 5.82 Å². The summed E-state index contributed by atoms with van der Waals surface area (Å²) in [6.45, 7) is 2.93. The fourth-order valence-electron chi connectivity index (χ4n) is 2.57. The van der Waals surface area contributed by atoms with Crippen LogP contribution in [-0.4, -0.2) is 34.8 Å². The molecule has 7 nitrogen and oxygen atoms in total. The molecule has 1 radical (unpaired) electrons. The molecule has 4 rings (SSSR count). The molecule has 0 amide bonds. The van der Waals surface area contributed by atoms with Crippen LogP contribution in [0.4, 0.5) is 0 Å². The van der Waals surface area contributed by atoms with Crippen LogP contribution in [0.2, 0.25) is 0 Å². The largest absolute Gasteiger partial charge is 0.236 e. The average Bonchev–Trinajstić information content (AvgIpc) is 3.29. The van der Waals surface area contributed by atoms with Crippen LogP contribution in [-0.2, 0) is 6.54 Å². The van der Waals surface area contributed by atoms with Crippen LogP contribution in [0.1, 0.15) is 19.8 Å². The smallest absolute Gasteiger partial charge is 0.204 e. The van der Waals surface area contributed by atoms with E-state index in [2.05, 4.69) is 38.5 Å². The summed E-state index contributed by atoms with van der Waals surface area (Å²) in [5, 5.41) is 17.0. The number of fused-ring (bicyclic) bond motifs is 1. The van der Waals surface area contributed by atoms with Crippen molar-refractivity contribution in [3.63, 3.8) is 0 Å². The van der Waals surface area contributed by atoms with Crippen LogP contribution in [0.5, 0.6) is 0 Å². The lowest BCUT2D eigenvalue weighted by atomic mass is 10.1. The molecule has 1 aromatic carbocycles. The third-order valence-electron chi connectivity index (χ3n) is 3.81. The minimum Gasteiger partial charge on any atom is -0.236 e. The second-order valence-electron chi connectivity index (χ2n) is 5.50. The van der Waals surface area contributed by atoms with E-state index in [1.165, 1.54) is 0 Å². The Labute approximate surface area is 139 Å². The number of rotatable bonds is 5. The van der Waals surface area contributed by atoms with Crippen molar-refractivity contribution < 1.29 is 0 Å². The van der Waals surface area contributed by atoms with Gasteiger partial charge in [-0.05, 0) is 23.8 Å². The predicted molar refractivity (Wildman–Crippen MR) is 89.0 cm³/mol. The van der Waals surface area contributed by atoms with Crippen molar-refractivity contribution in [1.82, 2.24) is 34.8 Å². The molecule has 0 saturated carbocycles. The summed E-state index contributed by atoms with van der Waals surface area (Å²) < 4.78 is 1.77. The highest BCUT2D eigenvalue weighted by atomic mass is 15.6. The topological polar surface area (TPSA) is 73.8 Å². The highest BCUT2D eigenvalue weighted by Crippen LogP contribution is 2.24. The molecule has 0 aliphatic carbocycles. The van der Waals surface area contributed by atoms with E-state index in [1.54, 1.807) is 21.7 Å². The molecule has 0 aliphatic rings. The summed E-state index contributed by atoms with van der Waals surface area (Å²) in [4.78, 5) is 5.90. The van der Waals surface area contributed by atoms with Crippen LogP contribution in [0, 0.1) is 6.07 Å². The second kappa shape index (κ2) is 6.19. The van der Waals surface area contributed by atoms with E-state index in [9.17, 15) is 0 Å². The molecule has 0 aliphatic heterocycles. The zero-order valence-electron chi connectivity index (χ0n) is 13.3.